The summed E-state index contributed by atoms with van der Waals surface area (Å²) in [6, 6.07) is 6.38. The molecule has 1 fully saturated rings. The zero-order chi connectivity index (χ0) is 13.0. The molecule has 0 saturated carbocycles. The Bertz CT molecular complexity index is 389. The van der Waals surface area contributed by atoms with E-state index in [1.807, 2.05) is 0 Å². The molecule has 1 aliphatic rings. The van der Waals surface area contributed by atoms with Gasteiger partial charge in [0.15, 0.2) is 0 Å². The summed E-state index contributed by atoms with van der Waals surface area (Å²) < 4.78 is 6.34. The quantitative estimate of drug-likeness (QED) is 0.929. The molecule has 100 valence electrons. The number of methoxy groups -OCH3 is 1. The Morgan fingerprint density at radius 2 is 2.11 bits per heavy atom. The van der Waals surface area contributed by atoms with Crippen molar-refractivity contribution in [1.29, 1.82) is 0 Å². The molecular weight excluding hydrogens is 292 g/mol. The molecule has 0 unspecified atom stereocenters. The van der Waals surface area contributed by atoms with Gasteiger partial charge in [-0.3, -0.25) is 0 Å². The Morgan fingerprint density at radius 1 is 1.39 bits per heavy atom. The summed E-state index contributed by atoms with van der Waals surface area (Å²) >= 11 is 3.50. The molecular formula is C14H21BrN2O. The van der Waals surface area contributed by atoms with Gasteiger partial charge in [-0.2, -0.15) is 0 Å². The summed E-state index contributed by atoms with van der Waals surface area (Å²) in [5.74, 6) is 0.711. The van der Waals surface area contributed by atoms with Gasteiger partial charge in [0.25, 0.3) is 0 Å². The molecule has 2 rings (SSSR count). The van der Waals surface area contributed by atoms with Crippen LogP contribution in [0.2, 0.25) is 0 Å². The van der Waals surface area contributed by atoms with E-state index in [0.717, 1.165) is 24.2 Å². The van der Waals surface area contributed by atoms with E-state index in [9.17, 15) is 0 Å². The number of anilines is 1. The lowest BCUT2D eigenvalue weighted by Crippen LogP contribution is -2.35. The van der Waals surface area contributed by atoms with E-state index in [2.05, 4.69) is 39.0 Å². The Labute approximate surface area is 117 Å². The number of benzene rings is 1. The van der Waals surface area contributed by atoms with Crippen LogP contribution in [-0.4, -0.2) is 26.8 Å². The monoisotopic (exact) mass is 312 g/mol. The standard InChI is InChI=1S/C14H21BrN2O/c1-18-10-11-4-6-17(7-5-11)14-3-2-13(15)8-12(14)9-16/h2-3,8,11H,4-7,9-10,16H2,1H3. The first-order valence-corrected chi connectivity index (χ1v) is 7.26. The number of nitrogens with zero attached hydrogens (tertiary/aromatic N) is 1. The molecule has 0 spiro atoms. The molecule has 18 heavy (non-hydrogen) atoms. The summed E-state index contributed by atoms with van der Waals surface area (Å²) in [5, 5.41) is 0. The topological polar surface area (TPSA) is 38.5 Å². The number of piperidine rings is 1. The lowest BCUT2D eigenvalue weighted by molar-refractivity contribution is 0.139. The van der Waals surface area contributed by atoms with Crippen LogP contribution >= 0.6 is 15.9 Å². The molecule has 0 radical (unpaired) electrons. The summed E-state index contributed by atoms with van der Waals surface area (Å²) in [6.07, 6.45) is 2.40. The number of nitrogens with two attached hydrogens (primary N) is 1. The first kappa shape index (κ1) is 13.8. The van der Waals surface area contributed by atoms with E-state index in [-0.39, 0.29) is 0 Å². The summed E-state index contributed by atoms with van der Waals surface area (Å²) in [7, 11) is 1.79. The van der Waals surface area contributed by atoms with E-state index in [0.29, 0.717) is 12.5 Å². The van der Waals surface area contributed by atoms with E-state index in [4.69, 9.17) is 10.5 Å². The van der Waals surface area contributed by atoms with Crippen LogP contribution in [0.25, 0.3) is 0 Å². The number of hydrogen-bond acceptors (Lipinski definition) is 3. The molecule has 0 bridgehead atoms. The first-order valence-electron chi connectivity index (χ1n) is 6.47. The maximum atomic E-state index is 5.83. The summed E-state index contributed by atoms with van der Waals surface area (Å²) in [5.41, 5.74) is 8.34. The average molecular weight is 313 g/mol. The Kier molecular flexibility index (Phi) is 5.03. The minimum atomic E-state index is 0.590. The zero-order valence-corrected chi connectivity index (χ0v) is 12.4. The van der Waals surface area contributed by atoms with Gasteiger partial charge in [0.05, 0.1) is 0 Å². The number of ether oxygens (including phenoxy) is 1. The van der Waals surface area contributed by atoms with Crippen molar-refractivity contribution in [3.05, 3.63) is 28.2 Å². The van der Waals surface area contributed by atoms with Crippen LogP contribution in [0.3, 0.4) is 0 Å². The largest absolute Gasteiger partial charge is 0.384 e. The van der Waals surface area contributed by atoms with Gasteiger partial charge in [0, 0.05) is 43.5 Å². The van der Waals surface area contributed by atoms with Gasteiger partial charge in [-0.15, -0.1) is 0 Å². The van der Waals surface area contributed by atoms with Crippen molar-refractivity contribution >= 4 is 21.6 Å². The smallest absolute Gasteiger partial charge is 0.0491 e. The SMILES string of the molecule is COCC1CCN(c2ccc(Br)cc2CN)CC1. The zero-order valence-electron chi connectivity index (χ0n) is 10.9. The third-order valence-electron chi connectivity index (χ3n) is 3.62. The predicted octanol–water partition coefficient (Wildman–Crippen LogP) is 2.77. The molecule has 1 aromatic carbocycles. The molecule has 4 heteroatoms. The minimum absolute atomic E-state index is 0.590. The van der Waals surface area contributed by atoms with Crippen LogP contribution in [0.5, 0.6) is 0 Å². The second-order valence-electron chi connectivity index (χ2n) is 4.86. The average Bonchev–Trinajstić information content (AvgIpc) is 2.40. The highest BCUT2D eigenvalue weighted by Gasteiger charge is 2.20. The van der Waals surface area contributed by atoms with Crippen molar-refractivity contribution in [3.63, 3.8) is 0 Å². The lowest BCUT2D eigenvalue weighted by Gasteiger charge is -2.34. The maximum Gasteiger partial charge on any atom is 0.0491 e. The fourth-order valence-electron chi connectivity index (χ4n) is 2.60. The fraction of sp³-hybridized carbons (Fsp3) is 0.571. The van der Waals surface area contributed by atoms with Crippen LogP contribution in [-0.2, 0) is 11.3 Å². The molecule has 2 N–H and O–H groups in total. The van der Waals surface area contributed by atoms with E-state index >= 15 is 0 Å². The van der Waals surface area contributed by atoms with Gasteiger partial charge in [0.2, 0.25) is 0 Å². The second kappa shape index (κ2) is 6.55. The maximum absolute atomic E-state index is 5.83. The summed E-state index contributed by atoms with van der Waals surface area (Å²) in [6.45, 7) is 3.68. The van der Waals surface area contributed by atoms with Crippen LogP contribution in [0, 0.1) is 5.92 Å². The fourth-order valence-corrected chi connectivity index (χ4v) is 3.01. The number of hydrogen-bond donors (Lipinski definition) is 1. The van der Waals surface area contributed by atoms with E-state index < -0.39 is 0 Å². The third kappa shape index (κ3) is 3.25. The summed E-state index contributed by atoms with van der Waals surface area (Å²) in [4.78, 5) is 2.45. The van der Waals surface area contributed by atoms with Crippen molar-refractivity contribution in [2.24, 2.45) is 11.7 Å². The molecule has 1 saturated heterocycles. The van der Waals surface area contributed by atoms with Gasteiger partial charge in [-0.25, -0.2) is 0 Å². The van der Waals surface area contributed by atoms with Gasteiger partial charge in [-0.05, 0) is 42.5 Å². The van der Waals surface area contributed by atoms with Crippen molar-refractivity contribution in [3.8, 4) is 0 Å². The molecule has 0 aliphatic carbocycles. The first-order chi connectivity index (χ1) is 8.74. The Balaban J connectivity index is 2.05. The predicted molar refractivity (Wildman–Crippen MR) is 78.8 cm³/mol. The highest BCUT2D eigenvalue weighted by Crippen LogP contribution is 2.28. The molecule has 0 aromatic heterocycles. The van der Waals surface area contributed by atoms with Crippen molar-refractivity contribution in [2.75, 3.05) is 31.7 Å². The van der Waals surface area contributed by atoms with Crippen LogP contribution < -0.4 is 10.6 Å². The van der Waals surface area contributed by atoms with Crippen LogP contribution in [0.4, 0.5) is 5.69 Å². The third-order valence-corrected chi connectivity index (χ3v) is 4.11. The highest BCUT2D eigenvalue weighted by molar-refractivity contribution is 9.10. The van der Waals surface area contributed by atoms with Crippen molar-refractivity contribution < 1.29 is 4.74 Å². The molecule has 1 aliphatic heterocycles. The normalized spacial score (nSPS) is 17.2. The van der Waals surface area contributed by atoms with Crippen molar-refractivity contribution in [2.45, 2.75) is 19.4 Å². The van der Waals surface area contributed by atoms with Gasteiger partial charge in [0.1, 0.15) is 0 Å². The van der Waals surface area contributed by atoms with Gasteiger partial charge < -0.3 is 15.4 Å². The van der Waals surface area contributed by atoms with Gasteiger partial charge in [-0.1, -0.05) is 15.9 Å². The highest BCUT2D eigenvalue weighted by atomic mass is 79.9. The molecule has 1 aromatic rings. The van der Waals surface area contributed by atoms with E-state index in [1.165, 1.54) is 24.1 Å². The molecule has 0 atom stereocenters. The van der Waals surface area contributed by atoms with Crippen LogP contribution in [0.1, 0.15) is 18.4 Å². The van der Waals surface area contributed by atoms with E-state index in [1.54, 1.807) is 7.11 Å². The molecule has 3 nitrogen and oxygen atoms in total. The Morgan fingerprint density at radius 3 is 2.72 bits per heavy atom. The second-order valence-corrected chi connectivity index (χ2v) is 5.78. The van der Waals surface area contributed by atoms with Gasteiger partial charge >= 0.3 is 0 Å². The minimum Gasteiger partial charge on any atom is -0.384 e. The van der Waals surface area contributed by atoms with Crippen LogP contribution in [0.15, 0.2) is 22.7 Å². The lowest BCUT2D eigenvalue weighted by atomic mass is 9.97. The molecule has 1 heterocycles. The molecule has 0 amide bonds. The number of rotatable bonds is 4. The van der Waals surface area contributed by atoms with Crippen molar-refractivity contribution in [1.82, 2.24) is 0 Å². The number of halogens is 1. The Hall–Kier alpha value is -0.580.